The third-order valence-electron chi connectivity index (χ3n) is 2.98. The molecular formula is C13H9BrClN3O2S. The molecule has 3 aromatic rings. The van der Waals surface area contributed by atoms with Crippen LogP contribution in [0.5, 0.6) is 0 Å². The van der Waals surface area contributed by atoms with Gasteiger partial charge in [-0.2, -0.15) is 0 Å². The summed E-state index contributed by atoms with van der Waals surface area (Å²) in [7, 11) is -3.29. The molecule has 2 heterocycles. The summed E-state index contributed by atoms with van der Waals surface area (Å²) in [6.45, 7) is 0. The fourth-order valence-electron chi connectivity index (χ4n) is 1.96. The molecule has 0 fully saturated rings. The van der Waals surface area contributed by atoms with E-state index in [1.165, 1.54) is 12.1 Å². The predicted octanol–water partition coefficient (Wildman–Crippen LogP) is 3.22. The molecule has 0 saturated carbocycles. The second-order valence-corrected chi connectivity index (χ2v) is 7.85. The summed E-state index contributed by atoms with van der Waals surface area (Å²) in [6, 6.07) is 8.26. The largest absolute Gasteiger partial charge is 0.282 e. The summed E-state index contributed by atoms with van der Waals surface area (Å²) in [6.07, 6.45) is 2.96. The highest BCUT2D eigenvalue weighted by Crippen LogP contribution is 2.29. The first-order valence-corrected chi connectivity index (χ1v) is 8.93. The zero-order valence-corrected chi connectivity index (χ0v) is 13.9. The van der Waals surface area contributed by atoms with Crippen LogP contribution in [0.3, 0.4) is 0 Å². The summed E-state index contributed by atoms with van der Waals surface area (Å²) >= 11 is 9.57. The van der Waals surface area contributed by atoms with Crippen LogP contribution in [0.2, 0.25) is 5.02 Å². The van der Waals surface area contributed by atoms with Gasteiger partial charge in [0.2, 0.25) is 0 Å². The lowest BCUT2D eigenvalue weighted by molar-refractivity contribution is 0.602. The SMILES string of the molecule is CS(=O)(=O)c1ccc(-c2nnc3cc(Br)ccn23)c(Cl)c1. The molecule has 0 N–H and O–H groups in total. The Balaban J connectivity index is 2.19. The van der Waals surface area contributed by atoms with Gasteiger partial charge in [0.1, 0.15) is 0 Å². The number of fused-ring (bicyclic) bond motifs is 1. The summed E-state index contributed by atoms with van der Waals surface area (Å²) < 4.78 is 25.8. The molecule has 0 aliphatic rings. The highest BCUT2D eigenvalue weighted by atomic mass is 79.9. The van der Waals surface area contributed by atoms with Crippen LogP contribution in [-0.2, 0) is 9.84 Å². The van der Waals surface area contributed by atoms with Crippen LogP contribution in [0, 0.1) is 0 Å². The van der Waals surface area contributed by atoms with E-state index in [1.54, 1.807) is 10.5 Å². The first-order chi connectivity index (χ1) is 9.86. The monoisotopic (exact) mass is 385 g/mol. The zero-order valence-electron chi connectivity index (χ0n) is 10.8. The maximum absolute atomic E-state index is 11.5. The van der Waals surface area contributed by atoms with E-state index in [1.807, 2.05) is 18.3 Å². The van der Waals surface area contributed by atoms with Gasteiger partial charge in [0.15, 0.2) is 21.3 Å². The molecule has 0 bridgehead atoms. The second-order valence-electron chi connectivity index (χ2n) is 4.51. The van der Waals surface area contributed by atoms with Crippen LogP contribution in [-0.4, -0.2) is 29.3 Å². The minimum atomic E-state index is -3.29. The number of aromatic nitrogens is 3. The van der Waals surface area contributed by atoms with Gasteiger partial charge >= 0.3 is 0 Å². The van der Waals surface area contributed by atoms with E-state index in [0.717, 1.165) is 10.7 Å². The van der Waals surface area contributed by atoms with Gasteiger partial charge in [0.05, 0.1) is 9.92 Å². The predicted molar refractivity (Wildman–Crippen MR) is 84.2 cm³/mol. The van der Waals surface area contributed by atoms with E-state index in [9.17, 15) is 8.42 Å². The maximum Gasteiger partial charge on any atom is 0.175 e. The molecule has 21 heavy (non-hydrogen) atoms. The molecule has 0 radical (unpaired) electrons. The van der Waals surface area contributed by atoms with Gasteiger partial charge in [-0.15, -0.1) is 10.2 Å². The minimum absolute atomic E-state index is 0.174. The fraction of sp³-hybridized carbons (Fsp3) is 0.0769. The Morgan fingerprint density at radius 1 is 1.19 bits per heavy atom. The standard InChI is InChI=1S/C13H9BrClN3O2S/c1-21(19,20)9-2-3-10(11(15)7-9)13-17-16-12-6-8(14)4-5-18(12)13/h2-7H,1H3. The van der Waals surface area contributed by atoms with Crippen LogP contribution in [0.1, 0.15) is 0 Å². The third kappa shape index (κ3) is 2.68. The van der Waals surface area contributed by atoms with Crippen molar-refractivity contribution >= 4 is 43.0 Å². The topological polar surface area (TPSA) is 64.3 Å². The lowest BCUT2D eigenvalue weighted by atomic mass is 10.2. The van der Waals surface area contributed by atoms with Crippen molar-refractivity contribution in [1.29, 1.82) is 0 Å². The van der Waals surface area contributed by atoms with Crippen LogP contribution < -0.4 is 0 Å². The Morgan fingerprint density at radius 2 is 1.95 bits per heavy atom. The molecule has 108 valence electrons. The average molecular weight is 387 g/mol. The summed E-state index contributed by atoms with van der Waals surface area (Å²) in [5.41, 5.74) is 1.29. The van der Waals surface area contributed by atoms with Gasteiger partial charge in [-0.3, -0.25) is 4.40 Å². The highest BCUT2D eigenvalue weighted by molar-refractivity contribution is 9.10. The Labute approximate surface area is 134 Å². The van der Waals surface area contributed by atoms with Gasteiger partial charge in [-0.1, -0.05) is 27.5 Å². The molecular weight excluding hydrogens is 378 g/mol. The Hall–Kier alpha value is -1.44. The summed E-state index contributed by atoms with van der Waals surface area (Å²) in [5, 5.41) is 8.51. The van der Waals surface area contributed by atoms with Gasteiger partial charge in [0.25, 0.3) is 0 Å². The number of sulfone groups is 1. The van der Waals surface area contributed by atoms with Crippen molar-refractivity contribution in [3.05, 3.63) is 46.0 Å². The smallest absolute Gasteiger partial charge is 0.175 e. The Morgan fingerprint density at radius 3 is 2.62 bits per heavy atom. The van der Waals surface area contributed by atoms with Crippen molar-refractivity contribution in [1.82, 2.24) is 14.6 Å². The van der Waals surface area contributed by atoms with E-state index in [4.69, 9.17) is 11.6 Å². The zero-order chi connectivity index (χ0) is 15.2. The quantitative estimate of drug-likeness (QED) is 0.678. The second kappa shape index (κ2) is 5.08. The number of pyridine rings is 1. The van der Waals surface area contributed by atoms with Crippen LogP contribution >= 0.6 is 27.5 Å². The lowest BCUT2D eigenvalue weighted by Crippen LogP contribution is -1.98. The molecule has 5 nitrogen and oxygen atoms in total. The number of benzene rings is 1. The molecule has 0 aliphatic heterocycles. The third-order valence-corrected chi connectivity index (χ3v) is 4.90. The molecule has 0 unspecified atom stereocenters. The van der Waals surface area contributed by atoms with Crippen molar-refractivity contribution in [3.8, 4) is 11.4 Å². The molecule has 3 rings (SSSR count). The molecule has 0 atom stereocenters. The van der Waals surface area contributed by atoms with Crippen molar-refractivity contribution in [2.75, 3.05) is 6.26 Å². The van der Waals surface area contributed by atoms with Gasteiger partial charge in [-0.25, -0.2) is 8.42 Å². The molecule has 1 aromatic carbocycles. The maximum atomic E-state index is 11.5. The van der Waals surface area contributed by atoms with Crippen molar-refractivity contribution in [2.24, 2.45) is 0 Å². The van der Waals surface area contributed by atoms with Crippen molar-refractivity contribution in [2.45, 2.75) is 4.90 Å². The number of halogens is 2. The Kier molecular flexibility index (Phi) is 3.51. The highest BCUT2D eigenvalue weighted by Gasteiger charge is 2.15. The van der Waals surface area contributed by atoms with E-state index in [0.29, 0.717) is 22.1 Å². The van der Waals surface area contributed by atoms with Gasteiger partial charge in [0, 0.05) is 22.5 Å². The molecule has 0 spiro atoms. The number of hydrogen-bond donors (Lipinski definition) is 0. The van der Waals surface area contributed by atoms with Gasteiger partial charge in [-0.05, 0) is 30.3 Å². The van der Waals surface area contributed by atoms with E-state index in [2.05, 4.69) is 26.1 Å². The normalized spacial score (nSPS) is 12.0. The van der Waals surface area contributed by atoms with Crippen LogP contribution in [0.25, 0.3) is 17.0 Å². The van der Waals surface area contributed by atoms with E-state index >= 15 is 0 Å². The van der Waals surface area contributed by atoms with Crippen LogP contribution in [0.15, 0.2) is 45.9 Å². The fourth-order valence-corrected chi connectivity index (χ4v) is 3.26. The van der Waals surface area contributed by atoms with Crippen molar-refractivity contribution < 1.29 is 8.42 Å². The molecule has 2 aromatic heterocycles. The number of rotatable bonds is 2. The summed E-state index contributed by atoms with van der Waals surface area (Å²) in [5.74, 6) is 0.558. The first kappa shape index (κ1) is 14.5. The van der Waals surface area contributed by atoms with Gasteiger partial charge < -0.3 is 0 Å². The molecule has 0 saturated heterocycles. The number of hydrogen-bond acceptors (Lipinski definition) is 4. The average Bonchev–Trinajstić information content (AvgIpc) is 2.80. The lowest BCUT2D eigenvalue weighted by Gasteiger charge is -2.05. The minimum Gasteiger partial charge on any atom is -0.282 e. The van der Waals surface area contributed by atoms with Crippen molar-refractivity contribution in [3.63, 3.8) is 0 Å². The molecule has 0 aliphatic carbocycles. The first-order valence-electron chi connectivity index (χ1n) is 5.86. The molecule has 0 amide bonds. The molecule has 8 heteroatoms. The Bertz CT molecular complexity index is 953. The van der Waals surface area contributed by atoms with E-state index in [-0.39, 0.29) is 4.90 Å². The van der Waals surface area contributed by atoms with E-state index < -0.39 is 9.84 Å². The van der Waals surface area contributed by atoms with Crippen LogP contribution in [0.4, 0.5) is 0 Å². The number of nitrogens with zero attached hydrogens (tertiary/aromatic N) is 3. The summed E-state index contributed by atoms with van der Waals surface area (Å²) in [4.78, 5) is 0.174.